The van der Waals surface area contributed by atoms with Crippen LogP contribution in [0.15, 0.2) is 114 Å². The molecule has 0 amide bonds. The number of ether oxygens (including phenoxy) is 1. The summed E-state index contributed by atoms with van der Waals surface area (Å²) in [6.45, 7) is 1.24. The second-order valence-corrected chi connectivity index (χ2v) is 18.6. The summed E-state index contributed by atoms with van der Waals surface area (Å²) in [7, 11) is -2.33. The predicted molar refractivity (Wildman–Crippen MR) is 266 cm³/mol. The fraction of sp³-hybridized carbons (Fsp3) is 0.156. The molecular formula is C45H37N11O15S3. The SMILES string of the molecule is COc1cc(N=Nc2c(SOOO)cc3cc(N=Nc4c(C)c(C#N)c5nc6ccccc6n5c4O)ccc3c2O)c(N(CCC(=O)O)CCC(=O)O)cc1N=Nc1nc2ccc(C(=O)O)cc2s1.CS(=O)(=O)O. The first-order valence-electron chi connectivity index (χ1n) is 21.0. The molecular weight excluding hydrogens is 1030 g/mol. The third kappa shape index (κ3) is 12.3. The summed E-state index contributed by atoms with van der Waals surface area (Å²) in [6, 6.07) is 22.5. The lowest BCUT2D eigenvalue weighted by Crippen LogP contribution is -2.28. The summed E-state index contributed by atoms with van der Waals surface area (Å²) in [5.41, 5.74) is 2.76. The van der Waals surface area contributed by atoms with Crippen LogP contribution in [0.3, 0.4) is 0 Å². The van der Waals surface area contributed by atoms with E-state index in [0.29, 0.717) is 50.5 Å². The molecule has 5 aromatic carbocycles. The van der Waals surface area contributed by atoms with Gasteiger partial charge in [-0.1, -0.05) is 28.5 Å². The minimum Gasteiger partial charge on any atom is -0.505 e. The van der Waals surface area contributed by atoms with Gasteiger partial charge in [-0.3, -0.25) is 18.5 Å². The number of aromatic nitrogens is 3. The fourth-order valence-electron chi connectivity index (χ4n) is 7.17. The van der Waals surface area contributed by atoms with Crippen molar-refractivity contribution < 1.29 is 72.3 Å². The van der Waals surface area contributed by atoms with Crippen LogP contribution >= 0.6 is 23.4 Å². The molecule has 74 heavy (non-hydrogen) atoms. The zero-order chi connectivity index (χ0) is 53.4. The number of pyridine rings is 1. The third-order valence-electron chi connectivity index (χ3n) is 10.4. The Bertz CT molecular complexity index is 3760. The summed E-state index contributed by atoms with van der Waals surface area (Å²) in [6.07, 6.45) is -0.102. The van der Waals surface area contributed by atoms with Gasteiger partial charge in [0, 0.05) is 30.1 Å². The standard InChI is InChI=1S/C44H33N11O12S2.CH4O3S/c1-21-26(20-45)41-46-27-5-3-4-6-31(27)55(41)42(61)38(21)51-48-24-8-9-25-23(15-24)17-35(69-67-66-64)39(40(25)60)52-49-29-19-33(65-2)30(18-32(29)54(13-11-36(56)57)14-12-37(58)59)50-53-44-47-28-10-7-22(43(62)63)16-34(28)68-44;1-5(2,3)4/h3-10,15-19,60-61,64H,11-14H2,1-2H3,(H,56,57)(H,58,59)(H,62,63);1H3,(H,2,3,4). The second kappa shape index (κ2) is 22.8. The number of thiazole rings is 1. The number of aliphatic carboxylic acids is 2. The highest BCUT2D eigenvalue weighted by Crippen LogP contribution is 2.47. The van der Waals surface area contributed by atoms with Crippen LogP contribution in [0.4, 0.5) is 39.3 Å². The van der Waals surface area contributed by atoms with E-state index in [1.807, 2.05) is 0 Å². The Labute approximate surface area is 424 Å². The van der Waals surface area contributed by atoms with Crippen LogP contribution < -0.4 is 9.64 Å². The summed E-state index contributed by atoms with van der Waals surface area (Å²) in [5, 5.41) is 101. The number of nitriles is 1. The molecule has 3 heterocycles. The Hall–Kier alpha value is -8.76. The number of fused-ring (bicyclic) bond motifs is 5. The average Bonchev–Trinajstić information content (AvgIpc) is 3.95. The molecule has 0 spiro atoms. The minimum atomic E-state index is -3.67. The summed E-state index contributed by atoms with van der Waals surface area (Å²) < 4.78 is 38.2. The molecule has 26 nitrogen and oxygen atoms in total. The van der Waals surface area contributed by atoms with Crippen LogP contribution in [-0.2, 0) is 29.1 Å². The number of rotatable bonds is 18. The van der Waals surface area contributed by atoms with Gasteiger partial charge in [-0.25, -0.2) is 20.0 Å². The first-order valence-corrected chi connectivity index (χ1v) is 24.4. The van der Waals surface area contributed by atoms with Crippen LogP contribution in [0.5, 0.6) is 17.4 Å². The lowest BCUT2D eigenvalue weighted by atomic mass is 10.1. The number of phenols is 1. The smallest absolute Gasteiger partial charge is 0.335 e. The normalized spacial score (nSPS) is 11.8. The molecule has 7 N–H and O–H groups in total. The lowest BCUT2D eigenvalue weighted by molar-refractivity contribution is -0.432. The number of azo groups is 3. The van der Waals surface area contributed by atoms with Crippen molar-refractivity contribution in [3.63, 3.8) is 0 Å². The monoisotopic (exact) mass is 1070 g/mol. The largest absolute Gasteiger partial charge is 0.505 e. The molecule has 0 bridgehead atoms. The molecule has 29 heteroatoms. The summed E-state index contributed by atoms with van der Waals surface area (Å²) in [4.78, 5) is 45.4. The highest BCUT2D eigenvalue weighted by atomic mass is 32.2. The van der Waals surface area contributed by atoms with Gasteiger partial charge in [-0.15, -0.1) is 29.9 Å². The number of carboxylic acids is 3. The topological polar surface area (TPSA) is 386 Å². The Morgan fingerprint density at radius 1 is 0.851 bits per heavy atom. The molecule has 0 saturated carbocycles. The number of hydrogen-bond donors (Lipinski definition) is 7. The van der Waals surface area contributed by atoms with E-state index in [1.165, 1.54) is 64.9 Å². The van der Waals surface area contributed by atoms with Crippen molar-refractivity contribution in [1.82, 2.24) is 14.4 Å². The van der Waals surface area contributed by atoms with Crippen molar-refractivity contribution in [2.45, 2.75) is 24.7 Å². The molecule has 0 aliphatic rings. The number of para-hydroxylation sites is 2. The predicted octanol–water partition coefficient (Wildman–Crippen LogP) is 10.5. The van der Waals surface area contributed by atoms with Gasteiger partial charge >= 0.3 is 17.9 Å². The van der Waals surface area contributed by atoms with Crippen LogP contribution in [0.25, 0.3) is 37.7 Å². The number of aromatic hydroxyl groups is 2. The van der Waals surface area contributed by atoms with Crippen molar-refractivity contribution in [3.05, 3.63) is 95.6 Å². The van der Waals surface area contributed by atoms with Crippen LogP contribution in [-0.4, -0.2) is 102 Å². The maximum Gasteiger partial charge on any atom is 0.335 e. The zero-order valence-electron chi connectivity index (χ0n) is 38.4. The van der Waals surface area contributed by atoms with Crippen LogP contribution in [0.2, 0.25) is 0 Å². The molecule has 0 aliphatic heterocycles. The molecule has 8 aromatic rings. The van der Waals surface area contributed by atoms with Gasteiger partial charge in [0.05, 0.1) is 81.3 Å². The number of carbonyl (C=O) groups is 3. The molecule has 0 aliphatic carbocycles. The van der Waals surface area contributed by atoms with Gasteiger partial charge in [0.15, 0.2) is 17.1 Å². The second-order valence-electron chi connectivity index (χ2n) is 15.4. The van der Waals surface area contributed by atoms with Crippen molar-refractivity contribution in [2.24, 2.45) is 30.7 Å². The Morgan fingerprint density at radius 3 is 2.20 bits per heavy atom. The molecule has 3 aromatic heterocycles. The molecule has 8 rings (SSSR count). The van der Waals surface area contributed by atoms with E-state index >= 15 is 0 Å². The van der Waals surface area contributed by atoms with Gasteiger partial charge in [-0.05, 0) is 73.0 Å². The molecule has 0 unspecified atom stereocenters. The number of nitrogens with zero attached hydrogens (tertiary/aromatic N) is 11. The number of phenolic OH excluding ortho intramolecular Hbond substituents is 1. The number of imidazole rings is 1. The number of aromatic carboxylic acids is 1. The van der Waals surface area contributed by atoms with Crippen molar-refractivity contribution in [2.75, 3.05) is 31.4 Å². The molecule has 0 atom stereocenters. The fourth-order valence-corrected chi connectivity index (χ4v) is 8.49. The zero-order valence-corrected chi connectivity index (χ0v) is 40.8. The first kappa shape index (κ1) is 53.0. The molecule has 0 saturated heterocycles. The van der Waals surface area contributed by atoms with Crippen LogP contribution in [0, 0.1) is 18.3 Å². The maximum absolute atomic E-state index is 11.8. The highest BCUT2D eigenvalue weighted by molar-refractivity contribution is 7.94. The number of carboxylic acid groups (broad SMARTS) is 3. The Morgan fingerprint density at radius 2 is 1.54 bits per heavy atom. The van der Waals surface area contributed by atoms with E-state index in [9.17, 15) is 53.6 Å². The van der Waals surface area contributed by atoms with E-state index in [4.69, 9.17) is 18.9 Å². The van der Waals surface area contributed by atoms with Gasteiger partial charge in [0.1, 0.15) is 34.4 Å². The minimum absolute atomic E-state index is 0.00766. The van der Waals surface area contributed by atoms with Crippen molar-refractivity contribution in [3.8, 4) is 23.4 Å². The van der Waals surface area contributed by atoms with E-state index < -0.39 is 46.6 Å². The Balaban J connectivity index is 0.00000153. The van der Waals surface area contributed by atoms with Gasteiger partial charge in [-0.2, -0.15) is 18.8 Å². The number of methoxy groups -OCH3 is 1. The quantitative estimate of drug-likeness (QED) is 0.0138. The number of hydrogen-bond acceptors (Lipinski definition) is 23. The summed E-state index contributed by atoms with van der Waals surface area (Å²) >= 11 is 1.53. The van der Waals surface area contributed by atoms with Crippen molar-refractivity contribution in [1.29, 1.82) is 5.26 Å². The highest BCUT2D eigenvalue weighted by Gasteiger charge is 2.23. The van der Waals surface area contributed by atoms with Crippen LogP contribution in [0.1, 0.15) is 34.3 Å². The van der Waals surface area contributed by atoms with E-state index in [-0.39, 0.29) is 91.0 Å². The lowest BCUT2D eigenvalue weighted by Gasteiger charge is -2.25. The average molecular weight is 1070 g/mol. The maximum atomic E-state index is 11.8. The molecule has 380 valence electrons. The van der Waals surface area contributed by atoms with Gasteiger partial charge in [0.25, 0.3) is 10.1 Å². The molecule has 0 radical (unpaired) electrons. The summed E-state index contributed by atoms with van der Waals surface area (Å²) in [5.74, 6) is -4.08. The Kier molecular flexibility index (Phi) is 16.3. The van der Waals surface area contributed by atoms with Crippen molar-refractivity contribution >= 4 is 128 Å². The molecule has 0 fully saturated rings. The number of benzene rings is 5. The van der Waals surface area contributed by atoms with E-state index in [1.54, 1.807) is 37.3 Å². The van der Waals surface area contributed by atoms with E-state index in [2.05, 4.69) is 51.8 Å². The van der Waals surface area contributed by atoms with E-state index in [0.717, 1.165) is 11.3 Å². The van der Waals surface area contributed by atoms with Gasteiger partial charge in [0.2, 0.25) is 11.0 Å². The third-order valence-corrected chi connectivity index (χ3v) is 12.0. The van der Waals surface area contributed by atoms with Gasteiger partial charge < -0.3 is 35.2 Å². The first-order chi connectivity index (χ1) is 35.3. The number of anilines is 1.